The molecule has 1 aliphatic heterocycles. The van der Waals surface area contributed by atoms with Gasteiger partial charge in [0.15, 0.2) is 0 Å². The summed E-state index contributed by atoms with van der Waals surface area (Å²) in [4.78, 5) is 0. The zero-order chi connectivity index (χ0) is 7.40. The van der Waals surface area contributed by atoms with Crippen LogP contribution in [0.25, 0.3) is 0 Å². The van der Waals surface area contributed by atoms with E-state index in [9.17, 15) is 0 Å². The summed E-state index contributed by atoms with van der Waals surface area (Å²) in [5.41, 5.74) is 0. The molecule has 0 aromatic carbocycles. The lowest BCUT2D eigenvalue weighted by Crippen LogP contribution is -2.23. The van der Waals surface area contributed by atoms with E-state index in [0.717, 1.165) is 13.0 Å². The van der Waals surface area contributed by atoms with E-state index >= 15 is 0 Å². The first-order chi connectivity index (χ1) is 4.88. The van der Waals surface area contributed by atoms with E-state index < -0.39 is 0 Å². The molecule has 1 fully saturated rings. The maximum Gasteiger partial charge on any atom is 0.0249 e. The van der Waals surface area contributed by atoms with Gasteiger partial charge >= 0.3 is 0 Å². The average Bonchev–Trinajstić information content (AvgIpc) is 2.36. The van der Waals surface area contributed by atoms with E-state index in [1.807, 2.05) is 6.08 Å². The standard InChI is InChI=1S/C7H14N2S/c1-2-4-7-5-3-6-9(7)10-8/h2,7H,1,3-6,8H2/t7-/m0/s1. The Balaban J connectivity index is 2.34. The number of hydrogen-bond donors (Lipinski definition) is 1. The van der Waals surface area contributed by atoms with Gasteiger partial charge in [-0.25, -0.2) is 4.31 Å². The Morgan fingerprint density at radius 1 is 1.80 bits per heavy atom. The first-order valence-electron chi connectivity index (χ1n) is 3.63. The molecular formula is C7H14N2S. The van der Waals surface area contributed by atoms with Crippen molar-refractivity contribution in [3.8, 4) is 0 Å². The second kappa shape index (κ2) is 4.01. The minimum atomic E-state index is 0.646. The molecule has 10 heavy (non-hydrogen) atoms. The first kappa shape index (κ1) is 8.11. The van der Waals surface area contributed by atoms with E-state index in [4.69, 9.17) is 5.14 Å². The van der Waals surface area contributed by atoms with Gasteiger partial charge in [-0.1, -0.05) is 6.08 Å². The molecule has 1 atom stereocenters. The fraction of sp³-hybridized carbons (Fsp3) is 0.714. The molecule has 0 aromatic rings. The lowest BCUT2D eigenvalue weighted by molar-refractivity contribution is 0.440. The van der Waals surface area contributed by atoms with Crippen molar-refractivity contribution in [2.45, 2.75) is 25.3 Å². The molecule has 1 heterocycles. The summed E-state index contributed by atoms with van der Waals surface area (Å²) in [5.74, 6) is 0. The summed E-state index contributed by atoms with van der Waals surface area (Å²) in [6.45, 7) is 4.85. The van der Waals surface area contributed by atoms with Gasteiger partial charge in [0.05, 0.1) is 0 Å². The van der Waals surface area contributed by atoms with Gasteiger partial charge in [-0.15, -0.1) is 6.58 Å². The summed E-state index contributed by atoms with van der Waals surface area (Å²) >= 11 is 1.37. The lowest BCUT2D eigenvalue weighted by Gasteiger charge is -2.18. The minimum absolute atomic E-state index is 0.646. The predicted molar refractivity (Wildman–Crippen MR) is 46.3 cm³/mol. The van der Waals surface area contributed by atoms with Crippen molar-refractivity contribution >= 4 is 12.1 Å². The van der Waals surface area contributed by atoms with Crippen LogP contribution in [0.5, 0.6) is 0 Å². The van der Waals surface area contributed by atoms with Crippen LogP contribution in [-0.2, 0) is 0 Å². The van der Waals surface area contributed by atoms with Crippen molar-refractivity contribution in [3.05, 3.63) is 12.7 Å². The van der Waals surface area contributed by atoms with Crippen molar-refractivity contribution in [3.63, 3.8) is 0 Å². The molecule has 2 nitrogen and oxygen atoms in total. The average molecular weight is 158 g/mol. The van der Waals surface area contributed by atoms with Gasteiger partial charge in [0.2, 0.25) is 0 Å². The third-order valence-corrected chi connectivity index (χ3v) is 2.65. The minimum Gasteiger partial charge on any atom is -0.264 e. The summed E-state index contributed by atoms with van der Waals surface area (Å²) in [7, 11) is 0. The molecule has 3 heteroatoms. The SMILES string of the molecule is C=CC[C@H]1CCCN1SN. The van der Waals surface area contributed by atoms with Crippen LogP contribution in [-0.4, -0.2) is 16.9 Å². The molecule has 1 rings (SSSR count). The summed E-state index contributed by atoms with van der Waals surface area (Å²) in [6, 6.07) is 0.646. The highest BCUT2D eigenvalue weighted by Gasteiger charge is 2.22. The summed E-state index contributed by atoms with van der Waals surface area (Å²) in [5, 5.41) is 5.46. The van der Waals surface area contributed by atoms with E-state index in [1.54, 1.807) is 0 Å². The van der Waals surface area contributed by atoms with Crippen molar-refractivity contribution in [2.24, 2.45) is 5.14 Å². The van der Waals surface area contributed by atoms with Crippen molar-refractivity contribution < 1.29 is 0 Å². The topological polar surface area (TPSA) is 29.3 Å². The van der Waals surface area contributed by atoms with Crippen LogP contribution in [0.15, 0.2) is 12.7 Å². The molecule has 0 aliphatic carbocycles. The molecule has 2 N–H and O–H groups in total. The maximum atomic E-state index is 5.46. The van der Waals surface area contributed by atoms with Gasteiger partial charge in [0.1, 0.15) is 0 Å². The fourth-order valence-corrected chi connectivity index (χ4v) is 1.97. The Kier molecular flexibility index (Phi) is 3.25. The molecule has 58 valence electrons. The molecule has 0 unspecified atom stereocenters. The Morgan fingerprint density at radius 3 is 3.20 bits per heavy atom. The number of nitrogens with zero attached hydrogens (tertiary/aromatic N) is 1. The van der Waals surface area contributed by atoms with Crippen LogP contribution >= 0.6 is 12.1 Å². The van der Waals surface area contributed by atoms with Gasteiger partial charge < -0.3 is 0 Å². The fourth-order valence-electron chi connectivity index (χ4n) is 1.38. The molecule has 1 saturated heterocycles. The van der Waals surface area contributed by atoms with E-state index in [0.29, 0.717) is 6.04 Å². The summed E-state index contributed by atoms with van der Waals surface area (Å²) < 4.78 is 2.24. The summed E-state index contributed by atoms with van der Waals surface area (Å²) in [6.07, 6.45) is 5.60. The zero-order valence-corrected chi connectivity index (χ0v) is 6.94. The highest BCUT2D eigenvalue weighted by Crippen LogP contribution is 2.24. The second-order valence-electron chi connectivity index (χ2n) is 2.57. The third-order valence-electron chi connectivity index (χ3n) is 1.90. The number of rotatable bonds is 3. The zero-order valence-electron chi connectivity index (χ0n) is 6.12. The van der Waals surface area contributed by atoms with E-state index in [-0.39, 0.29) is 0 Å². The van der Waals surface area contributed by atoms with Gasteiger partial charge in [-0.05, 0) is 19.3 Å². The smallest absolute Gasteiger partial charge is 0.0249 e. The molecule has 0 saturated carbocycles. The molecule has 0 bridgehead atoms. The Morgan fingerprint density at radius 2 is 2.60 bits per heavy atom. The van der Waals surface area contributed by atoms with Crippen LogP contribution in [0.4, 0.5) is 0 Å². The van der Waals surface area contributed by atoms with Crippen molar-refractivity contribution in [2.75, 3.05) is 6.54 Å². The normalized spacial score (nSPS) is 27.1. The van der Waals surface area contributed by atoms with Crippen molar-refractivity contribution in [1.29, 1.82) is 0 Å². The van der Waals surface area contributed by atoms with Crippen LogP contribution in [0, 0.1) is 0 Å². The van der Waals surface area contributed by atoms with E-state index in [2.05, 4.69) is 10.9 Å². The first-order valence-corrected chi connectivity index (χ1v) is 4.46. The molecule has 0 aromatic heterocycles. The molecule has 0 radical (unpaired) electrons. The van der Waals surface area contributed by atoms with Crippen LogP contribution in [0.1, 0.15) is 19.3 Å². The Hall–Kier alpha value is 0.01000. The number of nitrogens with two attached hydrogens (primary N) is 1. The van der Waals surface area contributed by atoms with Gasteiger partial charge in [-0.3, -0.25) is 5.14 Å². The Bertz CT molecular complexity index is 116. The highest BCUT2D eigenvalue weighted by molar-refractivity contribution is 7.94. The molecule has 0 amide bonds. The largest absolute Gasteiger partial charge is 0.264 e. The molecule has 0 spiro atoms. The highest BCUT2D eigenvalue weighted by atomic mass is 32.2. The van der Waals surface area contributed by atoms with Gasteiger partial charge in [0.25, 0.3) is 0 Å². The maximum absolute atomic E-state index is 5.46. The van der Waals surface area contributed by atoms with Crippen LogP contribution in [0.3, 0.4) is 0 Å². The second-order valence-corrected chi connectivity index (χ2v) is 3.25. The van der Waals surface area contributed by atoms with Gasteiger partial charge in [-0.2, -0.15) is 0 Å². The molecule has 1 aliphatic rings. The number of hydrogen-bond acceptors (Lipinski definition) is 3. The van der Waals surface area contributed by atoms with Crippen LogP contribution in [0.2, 0.25) is 0 Å². The lowest BCUT2D eigenvalue weighted by atomic mass is 10.2. The quantitative estimate of drug-likeness (QED) is 0.499. The monoisotopic (exact) mass is 158 g/mol. The predicted octanol–water partition coefficient (Wildman–Crippen LogP) is 1.55. The Labute approximate surface area is 66.7 Å². The van der Waals surface area contributed by atoms with E-state index in [1.165, 1.54) is 25.0 Å². The molecular weight excluding hydrogens is 144 g/mol. The van der Waals surface area contributed by atoms with Crippen LogP contribution < -0.4 is 5.14 Å². The van der Waals surface area contributed by atoms with Crippen molar-refractivity contribution in [1.82, 2.24) is 4.31 Å². The van der Waals surface area contributed by atoms with Gasteiger partial charge in [0, 0.05) is 24.7 Å². The third kappa shape index (κ3) is 1.75.